The number of nitrogens with zero attached hydrogens (tertiary/aromatic N) is 4. The topological polar surface area (TPSA) is 146 Å². The number of carbonyl (C=O) groups is 1. The van der Waals surface area contributed by atoms with Gasteiger partial charge in [-0.1, -0.05) is 12.1 Å². The van der Waals surface area contributed by atoms with Crippen molar-refractivity contribution in [3.05, 3.63) is 82.1 Å². The van der Waals surface area contributed by atoms with Crippen LogP contribution in [0, 0.1) is 5.82 Å². The van der Waals surface area contributed by atoms with Gasteiger partial charge in [0.25, 0.3) is 11.5 Å². The lowest BCUT2D eigenvalue weighted by Crippen LogP contribution is -2.19. The van der Waals surface area contributed by atoms with Gasteiger partial charge in [0.15, 0.2) is 0 Å². The van der Waals surface area contributed by atoms with Gasteiger partial charge in [0.1, 0.15) is 35.9 Å². The number of rotatable bonds is 6. The summed E-state index contributed by atoms with van der Waals surface area (Å²) in [4.78, 5) is 36.7. The highest BCUT2D eigenvalue weighted by atomic mass is 31.2. The molecule has 0 aliphatic carbocycles. The van der Waals surface area contributed by atoms with Crippen molar-refractivity contribution in [1.82, 2.24) is 19.5 Å². The van der Waals surface area contributed by atoms with E-state index in [0.717, 1.165) is 0 Å². The summed E-state index contributed by atoms with van der Waals surface area (Å²) in [5, 5.41) is 2.86. The lowest BCUT2D eigenvalue weighted by atomic mass is 10.0. The predicted molar refractivity (Wildman–Crippen MR) is 130 cm³/mol. The molecular formula is C23H22FN6O4P. The van der Waals surface area contributed by atoms with E-state index in [4.69, 9.17) is 10.2 Å². The molecule has 0 spiro atoms. The van der Waals surface area contributed by atoms with E-state index in [9.17, 15) is 18.5 Å². The minimum atomic E-state index is -2.84. The van der Waals surface area contributed by atoms with Crippen molar-refractivity contribution in [2.45, 2.75) is 6.42 Å². The summed E-state index contributed by atoms with van der Waals surface area (Å²) in [7, 11) is -1.35. The van der Waals surface area contributed by atoms with Crippen molar-refractivity contribution in [3.63, 3.8) is 0 Å². The number of aromatic nitrogens is 4. The van der Waals surface area contributed by atoms with Gasteiger partial charge in [0.2, 0.25) is 0 Å². The van der Waals surface area contributed by atoms with Crippen molar-refractivity contribution < 1.29 is 18.2 Å². The fraction of sp³-hybridized carbons (Fsp3) is 0.174. The second kappa shape index (κ2) is 9.27. The molecule has 0 saturated carbocycles. The number of hydrogen-bond donors (Lipinski definition) is 2. The van der Waals surface area contributed by atoms with Gasteiger partial charge < -0.3 is 14.7 Å². The van der Waals surface area contributed by atoms with Crippen LogP contribution >= 0.6 is 7.14 Å². The van der Waals surface area contributed by atoms with Gasteiger partial charge in [0.05, 0.1) is 6.20 Å². The molecule has 0 aliphatic heterocycles. The Bertz CT molecular complexity index is 1530. The monoisotopic (exact) mass is 496 g/mol. The van der Waals surface area contributed by atoms with Crippen molar-refractivity contribution in [1.29, 1.82) is 0 Å². The van der Waals surface area contributed by atoms with E-state index in [-0.39, 0.29) is 46.5 Å². The van der Waals surface area contributed by atoms with Gasteiger partial charge in [-0.15, -0.1) is 0 Å². The highest BCUT2D eigenvalue weighted by molar-refractivity contribution is 7.70. The van der Waals surface area contributed by atoms with Crippen LogP contribution in [0.4, 0.5) is 16.2 Å². The first-order valence-corrected chi connectivity index (χ1v) is 13.0. The molecule has 1 aromatic carbocycles. The number of carbonyl (C=O) groups excluding carboxylic acids is 1. The van der Waals surface area contributed by atoms with Crippen LogP contribution in [0.1, 0.15) is 21.8 Å². The minimum absolute atomic E-state index is 0.0321. The number of hydrogen-bond acceptors (Lipinski definition) is 8. The molecule has 10 nitrogen and oxygen atoms in total. The Kier molecular flexibility index (Phi) is 6.36. The number of nitrogens with one attached hydrogen (secondary N) is 1. The molecule has 4 aromatic rings. The van der Waals surface area contributed by atoms with Crippen molar-refractivity contribution in [3.8, 4) is 11.3 Å². The van der Waals surface area contributed by atoms with Crippen LogP contribution in [-0.4, -0.2) is 38.8 Å². The lowest BCUT2D eigenvalue weighted by molar-refractivity contribution is 0.101. The van der Waals surface area contributed by atoms with Crippen molar-refractivity contribution >= 4 is 30.2 Å². The first-order valence-electron chi connectivity index (χ1n) is 10.4. The highest BCUT2D eigenvalue weighted by Crippen LogP contribution is 2.38. The van der Waals surface area contributed by atoms with E-state index < -0.39 is 18.9 Å². The number of benzene rings is 1. The Hall–Kier alpha value is -4.11. The van der Waals surface area contributed by atoms with Gasteiger partial charge in [-0.2, -0.15) is 4.98 Å². The van der Waals surface area contributed by atoms with Crippen LogP contribution in [0.15, 0.2) is 58.1 Å². The van der Waals surface area contributed by atoms with Crippen LogP contribution in [0.5, 0.6) is 0 Å². The number of anilines is 2. The summed E-state index contributed by atoms with van der Waals surface area (Å²) in [6.07, 6.45) is 3.93. The molecule has 4 rings (SSSR count). The molecule has 180 valence electrons. The second-order valence-corrected chi connectivity index (χ2v) is 11.3. The van der Waals surface area contributed by atoms with Crippen LogP contribution in [0.2, 0.25) is 0 Å². The number of amides is 1. The van der Waals surface area contributed by atoms with Crippen LogP contribution in [0.3, 0.4) is 0 Å². The molecule has 3 aromatic heterocycles. The molecule has 3 heterocycles. The Balaban J connectivity index is 1.84. The van der Waals surface area contributed by atoms with E-state index in [2.05, 4.69) is 20.3 Å². The van der Waals surface area contributed by atoms with Crippen molar-refractivity contribution in [2.24, 2.45) is 7.05 Å². The van der Waals surface area contributed by atoms with Gasteiger partial charge in [-0.25, -0.2) is 9.37 Å². The molecule has 0 fully saturated rings. The van der Waals surface area contributed by atoms with E-state index in [0.29, 0.717) is 10.9 Å². The quantitative estimate of drug-likeness (QED) is 0.388. The van der Waals surface area contributed by atoms with Gasteiger partial charge >= 0.3 is 6.01 Å². The van der Waals surface area contributed by atoms with Gasteiger partial charge in [-0.3, -0.25) is 24.5 Å². The maximum atomic E-state index is 14.9. The molecule has 0 unspecified atom stereocenters. The lowest BCUT2D eigenvalue weighted by Gasteiger charge is -2.14. The third-order valence-corrected chi connectivity index (χ3v) is 6.92. The summed E-state index contributed by atoms with van der Waals surface area (Å²) in [5.74, 6) is -0.926. The number of oxazole rings is 1. The predicted octanol–water partition coefficient (Wildman–Crippen LogP) is 2.64. The summed E-state index contributed by atoms with van der Waals surface area (Å²) in [5.41, 5.74) is 6.59. The normalized spacial score (nSPS) is 11.4. The summed E-state index contributed by atoms with van der Waals surface area (Å²) < 4.78 is 34.8. The zero-order valence-corrected chi connectivity index (χ0v) is 20.0. The van der Waals surface area contributed by atoms with Crippen LogP contribution < -0.4 is 21.9 Å². The summed E-state index contributed by atoms with van der Waals surface area (Å²) >= 11 is 0. The van der Waals surface area contributed by atoms with Gasteiger partial charge in [0, 0.05) is 48.4 Å². The molecule has 12 heteroatoms. The zero-order chi connectivity index (χ0) is 25.3. The third-order valence-electron chi connectivity index (χ3n) is 5.34. The maximum Gasteiger partial charge on any atom is 0.302 e. The van der Waals surface area contributed by atoms with Crippen molar-refractivity contribution in [2.75, 3.05) is 24.4 Å². The fourth-order valence-corrected chi connectivity index (χ4v) is 4.83. The maximum absolute atomic E-state index is 14.9. The molecule has 0 atom stereocenters. The average molecular weight is 496 g/mol. The molecule has 3 N–H and O–H groups in total. The molecule has 0 saturated heterocycles. The SMILES string of the molecule is Cn1c(N)c(-c2nc(NC(=O)c3cnccn3)oc2Cc2c(F)cccc2P(C)(C)=O)ccc1=O. The van der Waals surface area contributed by atoms with E-state index in [1.807, 2.05) is 0 Å². The second-order valence-electron chi connectivity index (χ2n) is 8.13. The molecular weight excluding hydrogens is 474 g/mol. The largest absolute Gasteiger partial charge is 0.427 e. The standard InChI is InChI=1S/C23H22FN6O4P/c1-30-19(31)8-7-13(21(30)25)20-17(11-14-15(24)5-4-6-18(14)35(2,3)33)34-23(28-20)29-22(32)16-12-26-9-10-27-16/h4-10,12H,11,25H2,1-3H3,(H,28,29,32). The molecule has 35 heavy (non-hydrogen) atoms. The molecule has 1 amide bonds. The van der Waals surface area contributed by atoms with Gasteiger partial charge in [-0.05, 0) is 25.5 Å². The zero-order valence-electron chi connectivity index (χ0n) is 19.2. The molecule has 0 bridgehead atoms. The number of nitrogen functional groups attached to an aromatic ring is 1. The Morgan fingerprint density at radius 1 is 1.23 bits per heavy atom. The van der Waals surface area contributed by atoms with E-state index in [1.165, 1.54) is 54.5 Å². The number of pyridine rings is 1. The molecule has 0 radical (unpaired) electrons. The van der Waals surface area contributed by atoms with Crippen LogP contribution in [-0.2, 0) is 18.0 Å². The summed E-state index contributed by atoms with van der Waals surface area (Å²) in [6.45, 7) is 3.09. The first-order chi connectivity index (χ1) is 16.6. The first kappa shape index (κ1) is 24.0. The third kappa shape index (κ3) is 4.90. The van der Waals surface area contributed by atoms with E-state index in [1.54, 1.807) is 19.4 Å². The minimum Gasteiger partial charge on any atom is -0.427 e. The number of halogens is 1. The fourth-order valence-electron chi connectivity index (χ4n) is 3.55. The Morgan fingerprint density at radius 3 is 2.69 bits per heavy atom. The smallest absolute Gasteiger partial charge is 0.302 e. The Morgan fingerprint density at radius 2 is 2.00 bits per heavy atom. The Labute approximate surface area is 199 Å². The van der Waals surface area contributed by atoms with E-state index >= 15 is 0 Å². The number of nitrogens with two attached hydrogens (primary N) is 1. The molecule has 0 aliphatic rings. The van der Waals surface area contributed by atoms with Crippen LogP contribution in [0.25, 0.3) is 11.3 Å². The average Bonchev–Trinajstić information content (AvgIpc) is 3.20. The summed E-state index contributed by atoms with van der Waals surface area (Å²) in [6, 6.07) is 6.96. The highest BCUT2D eigenvalue weighted by Gasteiger charge is 2.25.